The van der Waals surface area contributed by atoms with Gasteiger partial charge in [0.05, 0.1) is 37.1 Å². The number of benzene rings is 2. The average Bonchev–Trinajstić information content (AvgIpc) is 3.20. The van der Waals surface area contributed by atoms with Crippen molar-refractivity contribution in [3.63, 3.8) is 0 Å². The molecule has 0 aromatic heterocycles. The van der Waals surface area contributed by atoms with Crippen molar-refractivity contribution >= 4 is 53.7 Å². The van der Waals surface area contributed by atoms with Gasteiger partial charge in [-0.25, -0.2) is 0 Å². The van der Waals surface area contributed by atoms with E-state index in [-0.39, 0.29) is 31.5 Å². The zero-order chi connectivity index (χ0) is 45.3. The van der Waals surface area contributed by atoms with Crippen LogP contribution in [0.25, 0.3) is 11.1 Å². The molecule has 0 aliphatic rings. The van der Waals surface area contributed by atoms with Crippen LogP contribution in [0.4, 0.5) is 0 Å². The van der Waals surface area contributed by atoms with Crippen LogP contribution in [0.5, 0.6) is 0 Å². The molecule has 4 amide bonds. The molecule has 16 heteroatoms. The Bertz CT molecular complexity index is 1800. The molecule has 0 saturated heterocycles. The maximum Gasteiger partial charge on any atom is 0.289 e. The number of Topliss-reactive ketones (excluding diaryl/α,β-unsaturated/α-hetero) is 4. The number of ketones is 4. The summed E-state index contributed by atoms with van der Waals surface area (Å²) < 4.78 is 0. The van der Waals surface area contributed by atoms with E-state index in [0.717, 1.165) is 35.3 Å². The number of aryl methyl sites for hydroxylation is 1. The number of aliphatic hydroxyl groups excluding tert-OH is 2. The average molecular weight is 835 g/mol. The van der Waals surface area contributed by atoms with Gasteiger partial charge in [0.2, 0.25) is 23.6 Å². The molecule has 0 aliphatic heterocycles. The molecule has 2 rings (SSSR count). The molecule has 0 spiro atoms. The van der Waals surface area contributed by atoms with Crippen molar-refractivity contribution in [2.75, 3.05) is 13.7 Å². The summed E-state index contributed by atoms with van der Waals surface area (Å²) in [5, 5.41) is 35.1. The van der Waals surface area contributed by atoms with E-state index in [9.17, 15) is 53.6 Å². The number of nitrogens with one attached hydrogen (secondary N) is 2. The van der Waals surface area contributed by atoms with Crippen LogP contribution in [0.3, 0.4) is 0 Å². The molecule has 7 atom stereocenters. The van der Waals surface area contributed by atoms with E-state index < -0.39 is 109 Å². The fourth-order valence-corrected chi connectivity index (χ4v) is 6.58. The smallest absolute Gasteiger partial charge is 0.289 e. The van der Waals surface area contributed by atoms with Gasteiger partial charge < -0.3 is 36.5 Å². The summed E-state index contributed by atoms with van der Waals surface area (Å²) in [4.78, 5) is 104. The van der Waals surface area contributed by atoms with Crippen LogP contribution in [-0.4, -0.2) is 112 Å². The van der Waals surface area contributed by atoms with Gasteiger partial charge in [-0.15, -0.1) is 0 Å². The van der Waals surface area contributed by atoms with Crippen LogP contribution in [0, 0.1) is 11.8 Å². The number of carbonyl (C=O) groups is 8. The third-order valence-electron chi connectivity index (χ3n) is 10.8. The highest BCUT2D eigenvalue weighted by Gasteiger charge is 2.35. The second-order valence-corrected chi connectivity index (χ2v) is 16.0. The van der Waals surface area contributed by atoms with Crippen molar-refractivity contribution in [1.29, 1.82) is 0 Å². The van der Waals surface area contributed by atoms with Crippen LogP contribution < -0.4 is 16.4 Å². The van der Waals surface area contributed by atoms with Gasteiger partial charge in [-0.3, -0.25) is 38.4 Å². The molecular formula is C44H63BN4O11. The van der Waals surface area contributed by atoms with Crippen LogP contribution in [0.2, 0.25) is 12.6 Å². The number of carbonyl (C=O) groups excluding carboxylic acids is 8. The Kier molecular flexibility index (Phi) is 21.2. The number of nitrogens with two attached hydrogens (primary N) is 1. The number of aliphatic hydroxyl groups is 2. The molecule has 0 aliphatic carbocycles. The summed E-state index contributed by atoms with van der Waals surface area (Å²) in [7, 11) is 1.27. The monoisotopic (exact) mass is 834 g/mol. The first kappa shape index (κ1) is 51.1. The van der Waals surface area contributed by atoms with Crippen LogP contribution in [0.15, 0.2) is 48.5 Å². The maximum atomic E-state index is 13.3. The molecule has 328 valence electrons. The summed E-state index contributed by atoms with van der Waals surface area (Å²) in [6.07, 6.45) is -0.226. The van der Waals surface area contributed by atoms with E-state index in [1.165, 1.54) is 40.2 Å². The highest BCUT2D eigenvalue weighted by molar-refractivity contribution is 6.50. The van der Waals surface area contributed by atoms with Crippen LogP contribution >= 0.6 is 0 Å². The molecule has 2 aromatic rings. The molecule has 0 heterocycles. The first-order valence-corrected chi connectivity index (χ1v) is 20.6. The van der Waals surface area contributed by atoms with Crippen molar-refractivity contribution in [3.05, 3.63) is 59.7 Å². The van der Waals surface area contributed by atoms with Crippen molar-refractivity contribution in [3.8, 4) is 11.1 Å². The number of rotatable bonds is 27. The number of amides is 4. The lowest BCUT2D eigenvalue weighted by molar-refractivity contribution is -0.143. The van der Waals surface area contributed by atoms with Gasteiger partial charge >= 0.3 is 0 Å². The number of likely N-dealkylation sites (N-methyl/N-ethyl adjacent to an activating group) is 1. The molecule has 2 aromatic carbocycles. The Hall–Kier alpha value is -5.06. The lowest BCUT2D eigenvalue weighted by Crippen LogP contribution is -2.50. The van der Waals surface area contributed by atoms with Gasteiger partial charge in [-0.05, 0) is 49.2 Å². The summed E-state index contributed by atoms with van der Waals surface area (Å²) in [6, 6.07) is 11.5. The first-order valence-electron chi connectivity index (χ1n) is 20.6. The third kappa shape index (κ3) is 16.2. The van der Waals surface area contributed by atoms with Crippen molar-refractivity contribution < 1.29 is 53.6 Å². The number of hydrogen-bond acceptors (Lipinski definition) is 11. The number of primary amides is 1. The Morgan fingerprint density at radius 1 is 0.767 bits per heavy atom. The second kappa shape index (κ2) is 24.9. The molecule has 7 N–H and O–H groups in total. The predicted molar refractivity (Wildman–Crippen MR) is 228 cm³/mol. The van der Waals surface area contributed by atoms with Gasteiger partial charge in [0.15, 0.2) is 23.1 Å². The molecule has 0 bridgehead atoms. The summed E-state index contributed by atoms with van der Waals surface area (Å²) >= 11 is 0. The quantitative estimate of drug-likeness (QED) is 0.0564. The van der Waals surface area contributed by atoms with Gasteiger partial charge in [0, 0.05) is 50.6 Å². The maximum absolute atomic E-state index is 13.3. The highest BCUT2D eigenvalue weighted by Crippen LogP contribution is 2.23. The summed E-state index contributed by atoms with van der Waals surface area (Å²) in [5.74, 6) is -7.71. The zero-order valence-electron chi connectivity index (χ0n) is 35.9. The molecule has 0 saturated carbocycles. The molecule has 0 fully saturated rings. The molecule has 15 nitrogen and oxygen atoms in total. The highest BCUT2D eigenvalue weighted by atomic mass is 16.3. The van der Waals surface area contributed by atoms with Gasteiger partial charge in [-0.2, -0.15) is 0 Å². The van der Waals surface area contributed by atoms with E-state index in [1.807, 2.05) is 24.3 Å². The van der Waals surface area contributed by atoms with Crippen molar-refractivity contribution in [2.45, 2.75) is 129 Å². The predicted octanol–water partition coefficient (Wildman–Crippen LogP) is 2.86. The molecular weight excluding hydrogens is 771 g/mol. The fraction of sp³-hybridized carbons (Fsp3) is 0.545. The van der Waals surface area contributed by atoms with Crippen LogP contribution in [0.1, 0.15) is 102 Å². The van der Waals surface area contributed by atoms with E-state index in [4.69, 9.17) is 5.73 Å². The fourth-order valence-electron chi connectivity index (χ4n) is 6.58. The largest absolute Gasteiger partial charge is 0.450 e. The van der Waals surface area contributed by atoms with Crippen LogP contribution in [-0.2, 0) is 40.0 Å². The Morgan fingerprint density at radius 2 is 1.35 bits per heavy atom. The topological polar surface area (TPSA) is 251 Å². The first-order chi connectivity index (χ1) is 28.2. The SMILES string of the molecule is CCCCc1ccc(-c2ccc(C(=O)C[C@H](CO)C(=O)N[C@H](C)C(=O)CCC(=O)N(C)[C@H](C(=O)C[C@@H](C)C(=O)N[C@@H](CC(N)=O)C(=O)C[C@@H](C)B(C)O)C(C)O)cc2)cc1. The standard InChI is InChI=1S/C44H63BN4O11/c1-8-9-10-30-11-13-31(14-12-30)32-15-17-33(18-16-32)37(53)23-34(25-50)44(59)47-28(4)36(52)19-20-41(57)49(7)42(29(5)51)39(55)21-26(2)43(58)48-35(24-40(46)56)38(54)22-27(3)45(6)60/h11-18,26-29,34-35,42,50-51,60H,8-10,19-25H2,1-7H3,(H2,46,56)(H,47,59)(H,48,58)/t26-,27-,28-,29?,34-,35+,42+/m1/s1. The van der Waals surface area contributed by atoms with E-state index in [2.05, 4.69) is 29.7 Å². The minimum absolute atomic E-state index is 0.135. The van der Waals surface area contributed by atoms with E-state index in [1.54, 1.807) is 19.1 Å². The lowest BCUT2D eigenvalue weighted by atomic mass is 9.58. The second-order valence-electron chi connectivity index (χ2n) is 16.0. The Balaban J connectivity index is 1.94. The number of hydrogen-bond donors (Lipinski definition) is 6. The number of unbranched alkanes of at least 4 members (excludes halogenated alkanes) is 1. The zero-order valence-corrected chi connectivity index (χ0v) is 35.9. The summed E-state index contributed by atoms with van der Waals surface area (Å²) in [6.45, 7) is 7.91. The normalized spacial score (nSPS) is 14.6. The van der Waals surface area contributed by atoms with Gasteiger partial charge in [-0.1, -0.05) is 82.5 Å². The summed E-state index contributed by atoms with van der Waals surface area (Å²) in [5.41, 5.74) is 8.83. The third-order valence-corrected chi connectivity index (χ3v) is 10.8. The van der Waals surface area contributed by atoms with E-state index >= 15 is 0 Å². The molecule has 1 unspecified atom stereocenters. The van der Waals surface area contributed by atoms with Gasteiger partial charge in [0.25, 0.3) is 6.92 Å². The lowest BCUT2D eigenvalue weighted by Gasteiger charge is -2.30. The minimum Gasteiger partial charge on any atom is -0.450 e. The minimum atomic E-state index is -1.39. The van der Waals surface area contributed by atoms with Crippen molar-refractivity contribution in [2.24, 2.45) is 17.6 Å². The molecule has 60 heavy (non-hydrogen) atoms. The van der Waals surface area contributed by atoms with Gasteiger partial charge in [0.1, 0.15) is 6.04 Å². The number of nitrogens with zero attached hydrogens (tertiary/aromatic N) is 1. The van der Waals surface area contributed by atoms with E-state index in [0.29, 0.717) is 5.56 Å². The Morgan fingerprint density at radius 3 is 1.87 bits per heavy atom. The van der Waals surface area contributed by atoms with Crippen molar-refractivity contribution in [1.82, 2.24) is 15.5 Å². The Labute approximate surface area is 353 Å². The molecule has 0 radical (unpaired) electrons.